The zero-order valence-electron chi connectivity index (χ0n) is 56.5. The molecule has 4 aromatic carbocycles. The van der Waals surface area contributed by atoms with Gasteiger partial charge in [-0.05, 0) is 112 Å². The minimum absolute atomic E-state index is 0. The summed E-state index contributed by atoms with van der Waals surface area (Å²) >= 11 is 24.7. The number of halogens is 7. The van der Waals surface area contributed by atoms with Crippen molar-refractivity contribution in [1.82, 2.24) is 16.0 Å². The zero-order chi connectivity index (χ0) is 68.8. The van der Waals surface area contributed by atoms with Gasteiger partial charge in [0.1, 0.15) is 22.3 Å². The third kappa shape index (κ3) is 47.8. The molecule has 0 fully saturated rings. The van der Waals surface area contributed by atoms with Crippen molar-refractivity contribution in [2.24, 2.45) is 4.99 Å². The fraction of sp³-hybridized carbons (Fsp3) is 0.484. The molecule has 0 radical (unpaired) electrons. The number of aliphatic imine (C=N–C) groups is 1. The van der Waals surface area contributed by atoms with Crippen LogP contribution in [0.4, 0.5) is 8.78 Å². The van der Waals surface area contributed by atoms with Gasteiger partial charge in [0.25, 0.3) is 11.8 Å². The maximum absolute atomic E-state index is 12.1. The molecule has 11 nitrogen and oxygen atoms in total. The molecule has 482 valence electrons. The average molecular weight is 1650 g/mol. The van der Waals surface area contributed by atoms with Gasteiger partial charge in [0.2, 0.25) is 0 Å². The van der Waals surface area contributed by atoms with E-state index in [2.05, 4.69) is 199 Å². The Morgan fingerprint density at radius 3 is 1.08 bits per heavy atom. The number of carbonyl (C=O) groups is 6. The van der Waals surface area contributed by atoms with E-state index in [0.717, 1.165) is 98.6 Å². The van der Waals surface area contributed by atoms with Crippen LogP contribution in [0.25, 0.3) is 5.73 Å². The summed E-state index contributed by atoms with van der Waals surface area (Å²) in [4.78, 5) is 71.8. The van der Waals surface area contributed by atoms with Crippen molar-refractivity contribution < 1.29 is 69.8 Å². The second-order valence-corrected chi connectivity index (χ2v) is 51.7. The number of thiocarbonyl (C=S) groups is 1. The van der Waals surface area contributed by atoms with Crippen LogP contribution < -0.4 is 45.5 Å². The zero-order valence-corrected chi connectivity index (χ0v) is 70.0. The largest absolute Gasteiger partial charge is 1.00 e. The Bertz CT molecular complexity index is 2790. The minimum Gasteiger partial charge on any atom is -0.668 e. The van der Waals surface area contributed by atoms with E-state index in [0.29, 0.717) is 36.8 Å². The maximum atomic E-state index is 12.1. The van der Waals surface area contributed by atoms with E-state index in [-0.39, 0.29) is 58.7 Å². The van der Waals surface area contributed by atoms with Gasteiger partial charge in [0.05, 0.1) is 54.4 Å². The number of alkyl halides is 3. The molecule has 0 aliphatic heterocycles. The van der Waals surface area contributed by atoms with Crippen LogP contribution in [0.2, 0.25) is 78.6 Å². The van der Waals surface area contributed by atoms with Crippen molar-refractivity contribution in [2.75, 3.05) is 45.2 Å². The summed E-state index contributed by atoms with van der Waals surface area (Å²) in [6.07, 6.45) is 9.55. The van der Waals surface area contributed by atoms with Gasteiger partial charge in [0, 0.05) is 95.3 Å². The van der Waals surface area contributed by atoms with E-state index in [1.54, 1.807) is 32.5 Å². The number of hydrogen-bond donors (Lipinski definition) is 3. The quantitative estimate of drug-likeness (QED) is 0.0227. The van der Waals surface area contributed by atoms with Gasteiger partial charge in [-0.1, -0.05) is 207 Å². The van der Waals surface area contributed by atoms with Crippen LogP contribution in [0.15, 0.2) is 95.7 Å². The Labute approximate surface area is 601 Å². The third-order valence-corrected chi connectivity index (χ3v) is 20.4. The maximum Gasteiger partial charge on any atom is 1.00 e. The van der Waals surface area contributed by atoms with Crippen molar-refractivity contribution in [1.29, 1.82) is 0 Å². The number of rotatable bonds is 22. The second-order valence-electron chi connectivity index (χ2n) is 24.6. The molecule has 0 heterocycles. The summed E-state index contributed by atoms with van der Waals surface area (Å²) in [6, 6.07) is 23.7. The van der Waals surface area contributed by atoms with Crippen LogP contribution in [-0.2, 0) is 43.8 Å². The number of hydrogen-bond acceptors (Lipinski definition) is 9. The number of thioether (sulfide) groups is 1. The molecule has 0 bridgehead atoms. The average Bonchev–Trinajstić information content (AvgIpc) is 3.52. The predicted octanol–water partition coefficient (Wildman–Crippen LogP) is 15.4. The first-order chi connectivity index (χ1) is 40.5. The smallest absolute Gasteiger partial charge is 0.668 e. The molecule has 87 heavy (non-hydrogen) atoms. The van der Waals surface area contributed by atoms with Crippen molar-refractivity contribution in [3.8, 4) is 0 Å². The van der Waals surface area contributed by atoms with Crippen LogP contribution in [0.5, 0.6) is 0 Å². The van der Waals surface area contributed by atoms with Gasteiger partial charge in [-0.15, -0.1) is 11.8 Å². The molecule has 4 rings (SSSR count). The monoisotopic (exact) mass is 1640 g/mol. The molecule has 0 spiro atoms. The molecule has 4 aromatic rings. The van der Waals surface area contributed by atoms with Crippen molar-refractivity contribution >= 4 is 181 Å². The summed E-state index contributed by atoms with van der Waals surface area (Å²) < 4.78 is 34.9. The van der Waals surface area contributed by atoms with Crippen LogP contribution in [0, 0.1) is 0 Å². The standard InChI is InChI=1S/C16H24BrNOSSi.C15H22BrNO2Si.C15H22BrNOSSi.C12H17Br2NOSi.C2H5NO.2CH3F.Na/c1-12(19)6-7-13-8-9-14(10-15(13)17)16(20-2)18-11-21(3,4)5;2*1-11(18)5-6-12-7-8-13(9-14(12)16)15(19)17-10-20(2,3)4;1-17(2,3)8-15-12(16)9-4-5-10(7-13)11(14)6-9;1-2(3)4;2*1-2;/h8-10H,6-7,11H2,1-5H3;2*7-9H,5-6,10H2,1-4H3,(H,17,19);4-6H,7-8H2,1-3H3,(H,15,16);1H3,(H2,3,4);2*1H3;/q;;;;;;;+1/p-1/i;;;;;2*1D;. The molecule has 0 aliphatic carbocycles. The first-order valence-electron chi connectivity index (χ1n) is 29.0. The molecule has 3 amide bonds. The van der Waals surface area contributed by atoms with E-state index in [9.17, 15) is 32.8 Å². The SMILES string of the molecule is CC(=O)CCc1ccc(C(=O)NC[Si](C)(C)C)cc1Br.CC(=O)CCc1ccc(C(=S)NC[Si](C)(C)C)cc1Br.CC([NH-])=O.CSC(=NC[Si](C)(C)C)c1ccc(CCC(C)=O)c(Br)c1.C[Si](C)(C)CNC(=O)c1ccc(CBr)c(Br)c1.[2H]CF.[2H]CF.[Na+]. The van der Waals surface area contributed by atoms with Gasteiger partial charge in [-0.3, -0.25) is 23.4 Å². The summed E-state index contributed by atoms with van der Waals surface area (Å²) in [5, 5.41) is 11.2. The molecule has 0 unspecified atom stereocenters. The first-order valence-corrected chi connectivity index (χ1v) is 48.3. The fourth-order valence-electron chi connectivity index (χ4n) is 6.32. The predicted molar refractivity (Wildman–Crippen MR) is 398 cm³/mol. The van der Waals surface area contributed by atoms with Gasteiger partial charge >= 0.3 is 29.6 Å². The molecule has 4 N–H and O–H groups in total. The number of ketones is 3. The van der Waals surface area contributed by atoms with Crippen molar-refractivity contribution in [2.45, 2.75) is 150 Å². The molecular weight excluding hydrogens is 1550 g/mol. The summed E-state index contributed by atoms with van der Waals surface area (Å²) in [7, 11) is -6.84. The summed E-state index contributed by atoms with van der Waals surface area (Å²) in [6.45, 7) is 33.3. The molecule has 0 saturated heterocycles. The van der Waals surface area contributed by atoms with Crippen LogP contribution in [0.3, 0.4) is 0 Å². The molecule has 25 heteroatoms. The second kappa shape index (κ2) is 48.1. The third-order valence-electron chi connectivity index (χ3n) is 10.9. The van der Waals surface area contributed by atoms with Gasteiger partial charge in [-0.25, -0.2) is 0 Å². The Hall–Kier alpha value is -1.66. The van der Waals surface area contributed by atoms with Crippen LogP contribution in [0.1, 0.15) is 104 Å². The number of amides is 3. The number of benzene rings is 4. The number of Topliss-reactive ketones (excluding diaryl/α,β-unsaturated/α-hetero) is 3. The molecule has 0 aromatic heterocycles. The van der Waals surface area contributed by atoms with Gasteiger partial charge in [-0.2, -0.15) is 0 Å². The van der Waals surface area contributed by atoms with E-state index >= 15 is 0 Å². The Balaban J connectivity index is -0.000000513. The molecule has 0 atom stereocenters. The Kier molecular flexibility index (Phi) is 48.3. The number of nitrogens with one attached hydrogen (secondary N) is 4. The van der Waals surface area contributed by atoms with Crippen molar-refractivity contribution in [3.05, 3.63) is 141 Å². The molecule has 0 saturated carbocycles. The normalized spacial score (nSPS) is 11.1. The Morgan fingerprint density at radius 1 is 0.529 bits per heavy atom. The summed E-state index contributed by atoms with van der Waals surface area (Å²) in [5.74, 6) is 0.00937. The molecule has 0 aliphatic rings. The van der Waals surface area contributed by atoms with E-state index in [1.165, 1.54) is 12.5 Å². The van der Waals surface area contributed by atoms with E-state index < -0.39 is 52.5 Å². The summed E-state index contributed by atoms with van der Waals surface area (Å²) in [5.41, 5.74) is 14.0. The fourth-order valence-corrected chi connectivity index (χ4v) is 13.2. The topological polar surface area (TPSA) is 175 Å². The van der Waals surface area contributed by atoms with Crippen molar-refractivity contribution in [3.63, 3.8) is 0 Å². The van der Waals surface area contributed by atoms with Gasteiger partial charge in [0.15, 0.2) is 0 Å². The van der Waals surface area contributed by atoms with Gasteiger partial charge < -0.3 is 40.9 Å². The van der Waals surface area contributed by atoms with E-state index in [4.69, 9.17) is 30.5 Å². The molecular formula is C62H95Br5F2N5NaO6S2Si4. The van der Waals surface area contributed by atoms with E-state index in [1.807, 2.05) is 54.6 Å². The van der Waals surface area contributed by atoms with Crippen LogP contribution in [-0.4, -0.2) is 123 Å². The minimum atomic E-state index is -1.28. The number of carbonyl (C=O) groups excluding carboxylic acids is 6. The van der Waals surface area contributed by atoms with Crippen LogP contribution >= 0.6 is 104 Å². The first kappa shape index (κ1) is 87.4. The number of nitrogens with zero attached hydrogens (tertiary/aromatic N) is 1. The Morgan fingerprint density at radius 2 is 0.805 bits per heavy atom. The number of aryl methyl sites for hydroxylation is 3.